The molecule has 19 heavy (non-hydrogen) atoms. The van der Waals surface area contributed by atoms with Crippen LogP contribution in [0.1, 0.15) is 10.4 Å². The number of rotatable bonds is 4. The third-order valence-electron chi connectivity index (χ3n) is 2.18. The van der Waals surface area contributed by atoms with Gasteiger partial charge in [0.25, 0.3) is 5.91 Å². The van der Waals surface area contributed by atoms with E-state index >= 15 is 0 Å². The lowest BCUT2D eigenvalue weighted by Gasteiger charge is -2.10. The molecule has 1 atom stereocenters. The summed E-state index contributed by atoms with van der Waals surface area (Å²) < 4.78 is 42.7. The van der Waals surface area contributed by atoms with Crippen LogP contribution in [0.3, 0.4) is 0 Å². The lowest BCUT2D eigenvalue weighted by molar-refractivity contribution is -0.139. The smallest absolute Gasteiger partial charge is 0.320 e. The summed E-state index contributed by atoms with van der Waals surface area (Å²) in [7, 11) is 1.19. The number of nitrogens with one attached hydrogen (secondary N) is 1. The van der Waals surface area contributed by atoms with Gasteiger partial charge in [-0.3, -0.25) is 9.59 Å². The Morgan fingerprint density at radius 2 is 1.95 bits per heavy atom. The van der Waals surface area contributed by atoms with Crippen molar-refractivity contribution in [3.8, 4) is 0 Å². The van der Waals surface area contributed by atoms with E-state index < -0.39 is 38.8 Å². The molecule has 0 radical (unpaired) electrons. The predicted molar refractivity (Wildman–Crippen MR) is 68.5 cm³/mol. The van der Waals surface area contributed by atoms with Crippen LogP contribution in [-0.2, 0) is 9.53 Å². The van der Waals surface area contributed by atoms with Crippen molar-refractivity contribution in [2.75, 3.05) is 13.7 Å². The Hall–Kier alpha value is -1.32. The molecule has 1 N–H and O–H groups in total. The summed E-state index contributed by atoms with van der Waals surface area (Å²) in [5.74, 6) is -6.17. The second kappa shape index (κ2) is 6.73. The maximum atomic E-state index is 13.3. The lowest BCUT2D eigenvalue weighted by atomic mass is 10.2. The normalized spacial score (nSPS) is 11.8. The minimum atomic E-state index is -1.72. The Bertz CT molecular complexity index is 510. The Morgan fingerprint density at radius 1 is 1.32 bits per heavy atom. The molecule has 8 heteroatoms. The van der Waals surface area contributed by atoms with E-state index in [-0.39, 0.29) is 6.54 Å². The van der Waals surface area contributed by atoms with Gasteiger partial charge in [0, 0.05) is 6.54 Å². The van der Waals surface area contributed by atoms with Gasteiger partial charge in [-0.05, 0) is 12.1 Å². The van der Waals surface area contributed by atoms with Crippen molar-refractivity contribution in [3.63, 3.8) is 0 Å². The van der Waals surface area contributed by atoms with Crippen LogP contribution >= 0.6 is 22.6 Å². The van der Waals surface area contributed by atoms with Gasteiger partial charge in [0.15, 0.2) is 17.5 Å². The summed E-state index contributed by atoms with van der Waals surface area (Å²) in [6.07, 6.45) is 0. The first-order chi connectivity index (χ1) is 8.88. The molecule has 1 rings (SSSR count). The molecule has 0 aliphatic heterocycles. The van der Waals surface area contributed by atoms with E-state index in [9.17, 15) is 22.8 Å². The average Bonchev–Trinajstić information content (AvgIpc) is 2.41. The number of ether oxygens (including phenoxy) is 1. The Morgan fingerprint density at radius 3 is 2.53 bits per heavy atom. The van der Waals surface area contributed by atoms with Gasteiger partial charge in [-0.2, -0.15) is 0 Å². The molecule has 0 saturated heterocycles. The van der Waals surface area contributed by atoms with E-state index in [1.165, 1.54) is 7.11 Å². The van der Waals surface area contributed by atoms with Gasteiger partial charge in [0.05, 0.1) is 12.7 Å². The molecule has 0 bridgehead atoms. The molecule has 0 fully saturated rings. The molecule has 0 heterocycles. The fourth-order valence-corrected chi connectivity index (χ4v) is 1.66. The topological polar surface area (TPSA) is 55.4 Å². The van der Waals surface area contributed by atoms with Crippen LogP contribution in [-0.4, -0.2) is 29.5 Å². The number of methoxy groups -OCH3 is 1. The van der Waals surface area contributed by atoms with Gasteiger partial charge in [-0.25, -0.2) is 13.2 Å². The highest BCUT2D eigenvalue weighted by Crippen LogP contribution is 2.15. The number of hydrogen-bond donors (Lipinski definition) is 1. The first-order valence-electron chi connectivity index (χ1n) is 5.02. The van der Waals surface area contributed by atoms with Gasteiger partial charge >= 0.3 is 5.97 Å². The molecular weight excluding hydrogens is 378 g/mol. The number of esters is 1. The van der Waals surface area contributed by atoms with Crippen LogP contribution in [0.4, 0.5) is 13.2 Å². The van der Waals surface area contributed by atoms with E-state index in [1.54, 1.807) is 22.6 Å². The summed E-state index contributed by atoms with van der Waals surface area (Å²) in [4.78, 5) is 22.6. The molecule has 4 nitrogen and oxygen atoms in total. The van der Waals surface area contributed by atoms with Crippen LogP contribution < -0.4 is 5.32 Å². The number of halogens is 4. The van der Waals surface area contributed by atoms with Crippen LogP contribution in [0.25, 0.3) is 0 Å². The zero-order chi connectivity index (χ0) is 14.6. The molecule has 1 aromatic carbocycles. The fourth-order valence-electron chi connectivity index (χ4n) is 1.19. The Labute approximate surface area is 120 Å². The zero-order valence-corrected chi connectivity index (χ0v) is 11.8. The highest BCUT2D eigenvalue weighted by atomic mass is 127. The summed E-state index contributed by atoms with van der Waals surface area (Å²) in [6, 6.07) is 1.47. The standard InChI is InChI=1S/C11H9F3INO3/c1-19-11(18)7(15)4-16-10(17)5-2-3-6(12)9(14)8(5)13/h2-3,7H,4H2,1H3,(H,16,17). The van der Waals surface area contributed by atoms with Crippen molar-refractivity contribution < 1.29 is 27.5 Å². The van der Waals surface area contributed by atoms with E-state index in [1.807, 2.05) is 0 Å². The van der Waals surface area contributed by atoms with Crippen molar-refractivity contribution in [1.29, 1.82) is 0 Å². The van der Waals surface area contributed by atoms with Gasteiger partial charge in [-0.1, -0.05) is 22.6 Å². The van der Waals surface area contributed by atoms with Crippen molar-refractivity contribution in [1.82, 2.24) is 5.32 Å². The largest absolute Gasteiger partial charge is 0.468 e. The molecule has 1 aromatic rings. The zero-order valence-electron chi connectivity index (χ0n) is 9.68. The molecule has 0 aromatic heterocycles. The number of carbonyl (C=O) groups is 2. The Balaban J connectivity index is 2.75. The van der Waals surface area contributed by atoms with Crippen LogP contribution in [0.15, 0.2) is 12.1 Å². The highest BCUT2D eigenvalue weighted by molar-refractivity contribution is 14.1. The maximum absolute atomic E-state index is 13.3. The summed E-state index contributed by atoms with van der Waals surface area (Å²) in [5.41, 5.74) is -0.632. The third-order valence-corrected chi connectivity index (χ3v) is 3.13. The highest BCUT2D eigenvalue weighted by Gasteiger charge is 2.21. The molecule has 0 aliphatic carbocycles. The molecule has 1 unspecified atom stereocenters. The van der Waals surface area contributed by atoms with Crippen molar-refractivity contribution in [2.45, 2.75) is 3.92 Å². The summed E-state index contributed by atoms with van der Waals surface area (Å²) in [6.45, 7) is -0.121. The number of amides is 1. The molecule has 104 valence electrons. The van der Waals surface area contributed by atoms with Crippen LogP contribution in [0.2, 0.25) is 0 Å². The number of carbonyl (C=O) groups excluding carboxylic acids is 2. The Kier molecular flexibility index (Phi) is 5.58. The first-order valence-corrected chi connectivity index (χ1v) is 6.26. The minimum Gasteiger partial charge on any atom is -0.468 e. The summed E-state index contributed by atoms with van der Waals surface area (Å²) in [5, 5.41) is 2.23. The minimum absolute atomic E-state index is 0.121. The molecule has 0 aliphatic rings. The maximum Gasteiger partial charge on any atom is 0.320 e. The summed E-state index contributed by atoms with van der Waals surface area (Å²) >= 11 is 1.72. The number of alkyl halides is 1. The number of hydrogen-bond acceptors (Lipinski definition) is 3. The molecule has 0 saturated carbocycles. The predicted octanol–water partition coefficient (Wildman–Crippen LogP) is 1.81. The van der Waals surface area contributed by atoms with Crippen molar-refractivity contribution in [2.24, 2.45) is 0 Å². The average molecular weight is 387 g/mol. The van der Waals surface area contributed by atoms with Gasteiger partial charge in [0.2, 0.25) is 0 Å². The SMILES string of the molecule is COC(=O)C(I)CNC(=O)c1ccc(F)c(F)c1F. The van der Waals surface area contributed by atoms with Gasteiger partial charge < -0.3 is 10.1 Å². The second-order valence-electron chi connectivity index (χ2n) is 3.42. The van der Waals surface area contributed by atoms with E-state index in [4.69, 9.17) is 0 Å². The second-order valence-corrected chi connectivity index (χ2v) is 4.93. The third kappa shape index (κ3) is 3.82. The van der Waals surface area contributed by atoms with Gasteiger partial charge in [-0.15, -0.1) is 0 Å². The molecular formula is C11H9F3INO3. The monoisotopic (exact) mass is 387 g/mol. The van der Waals surface area contributed by atoms with Crippen molar-refractivity contribution in [3.05, 3.63) is 35.1 Å². The van der Waals surface area contributed by atoms with E-state index in [0.717, 1.165) is 6.07 Å². The van der Waals surface area contributed by atoms with Crippen LogP contribution in [0, 0.1) is 17.5 Å². The first kappa shape index (κ1) is 15.7. The lowest BCUT2D eigenvalue weighted by Crippen LogP contribution is -2.34. The van der Waals surface area contributed by atoms with Crippen LogP contribution in [0.5, 0.6) is 0 Å². The molecule has 1 amide bonds. The quantitative estimate of drug-likeness (QED) is 0.371. The van der Waals surface area contributed by atoms with E-state index in [0.29, 0.717) is 6.07 Å². The van der Waals surface area contributed by atoms with Gasteiger partial charge in [0.1, 0.15) is 3.92 Å². The fraction of sp³-hybridized carbons (Fsp3) is 0.273. The molecule has 0 spiro atoms. The van der Waals surface area contributed by atoms with Crippen molar-refractivity contribution >= 4 is 34.5 Å². The van der Waals surface area contributed by atoms with E-state index in [2.05, 4.69) is 10.1 Å². The number of benzene rings is 1.